The molecule has 1 aliphatic carbocycles. The third kappa shape index (κ3) is 2.24. The molecule has 122 valence electrons. The Morgan fingerprint density at radius 3 is 2.96 bits per heavy atom. The highest BCUT2D eigenvalue weighted by Crippen LogP contribution is 2.49. The Kier molecular flexibility index (Phi) is 3.39. The molecule has 4 rings (SSSR count). The van der Waals surface area contributed by atoms with Crippen LogP contribution >= 0.6 is 0 Å². The Balaban J connectivity index is 1.59. The summed E-state index contributed by atoms with van der Waals surface area (Å²) in [5, 5.41) is 21.2. The molecule has 2 heterocycles. The first kappa shape index (κ1) is 14.7. The van der Waals surface area contributed by atoms with Crippen molar-refractivity contribution in [1.82, 2.24) is 15.5 Å². The lowest BCUT2D eigenvalue weighted by Gasteiger charge is -2.55. The molecule has 6 heteroatoms. The van der Waals surface area contributed by atoms with E-state index in [0.29, 0.717) is 25.2 Å². The zero-order valence-corrected chi connectivity index (χ0v) is 13.1. The number of amides is 1. The lowest BCUT2D eigenvalue weighted by molar-refractivity contribution is -0.145. The van der Waals surface area contributed by atoms with E-state index in [1.165, 1.54) is 0 Å². The van der Waals surface area contributed by atoms with E-state index >= 15 is 0 Å². The van der Waals surface area contributed by atoms with Gasteiger partial charge in [-0.05, 0) is 43.9 Å². The van der Waals surface area contributed by atoms with Gasteiger partial charge in [-0.25, -0.2) is 0 Å². The molecule has 1 aromatic heterocycles. The number of hydrogen-bond acceptors (Lipinski definition) is 4. The van der Waals surface area contributed by atoms with Crippen molar-refractivity contribution >= 4 is 16.8 Å². The summed E-state index contributed by atoms with van der Waals surface area (Å²) >= 11 is 0. The summed E-state index contributed by atoms with van der Waals surface area (Å²) in [6, 6.07) is 3.89. The van der Waals surface area contributed by atoms with Crippen molar-refractivity contribution in [2.24, 2.45) is 5.41 Å². The maximum Gasteiger partial charge on any atom is 0.253 e. The number of aromatic amines is 1. The summed E-state index contributed by atoms with van der Waals surface area (Å²) in [7, 11) is 0. The average Bonchev–Trinajstić information content (AvgIpc) is 3.02. The first-order valence-corrected chi connectivity index (χ1v) is 8.10. The zero-order chi connectivity index (χ0) is 16.0. The summed E-state index contributed by atoms with van der Waals surface area (Å²) < 4.78 is 5.41. The SMILES string of the molecule is Cc1cc(C(=O)N[C@@H]2C[C@@H](O)C23CCOCC3)c2[nH]ncc2c1. The highest BCUT2D eigenvalue weighted by atomic mass is 16.5. The molecule has 2 fully saturated rings. The van der Waals surface area contributed by atoms with E-state index in [9.17, 15) is 9.90 Å². The van der Waals surface area contributed by atoms with Crippen LogP contribution in [0.25, 0.3) is 10.9 Å². The number of benzene rings is 1. The number of nitrogens with zero attached hydrogens (tertiary/aromatic N) is 1. The van der Waals surface area contributed by atoms with Crippen molar-refractivity contribution in [2.75, 3.05) is 13.2 Å². The second kappa shape index (κ2) is 5.32. The molecule has 1 saturated carbocycles. The number of nitrogens with one attached hydrogen (secondary N) is 2. The van der Waals surface area contributed by atoms with Crippen LogP contribution in [0.2, 0.25) is 0 Å². The lowest BCUT2D eigenvalue weighted by atomic mass is 9.58. The van der Waals surface area contributed by atoms with Crippen LogP contribution < -0.4 is 5.32 Å². The van der Waals surface area contributed by atoms with E-state index in [2.05, 4.69) is 15.5 Å². The topological polar surface area (TPSA) is 87.2 Å². The van der Waals surface area contributed by atoms with E-state index in [0.717, 1.165) is 29.3 Å². The Labute approximate surface area is 134 Å². The molecular weight excluding hydrogens is 294 g/mol. The van der Waals surface area contributed by atoms with Gasteiger partial charge in [0.15, 0.2) is 0 Å². The number of rotatable bonds is 2. The van der Waals surface area contributed by atoms with Gasteiger partial charge in [0.05, 0.1) is 23.4 Å². The van der Waals surface area contributed by atoms with Crippen LogP contribution in [-0.4, -0.2) is 46.6 Å². The molecule has 2 aliphatic rings. The van der Waals surface area contributed by atoms with Crippen molar-refractivity contribution < 1.29 is 14.6 Å². The maximum absolute atomic E-state index is 12.8. The lowest BCUT2D eigenvalue weighted by Crippen LogP contribution is -2.65. The third-order valence-electron chi connectivity index (χ3n) is 5.48. The van der Waals surface area contributed by atoms with Gasteiger partial charge in [0.25, 0.3) is 5.91 Å². The standard InChI is InChI=1S/C17H21N3O3/c1-10-6-11-9-18-20-15(11)12(7-10)16(22)19-13-8-14(21)17(13)2-4-23-5-3-17/h6-7,9,13-14,21H,2-5,8H2,1H3,(H,18,20)(H,19,22)/t13-,14-/m1/s1. The Morgan fingerprint density at radius 1 is 1.43 bits per heavy atom. The first-order valence-electron chi connectivity index (χ1n) is 8.10. The van der Waals surface area contributed by atoms with Crippen LogP contribution in [0.1, 0.15) is 35.2 Å². The van der Waals surface area contributed by atoms with Crippen LogP contribution in [0.15, 0.2) is 18.3 Å². The fourth-order valence-electron chi connectivity index (χ4n) is 4.02. The Morgan fingerprint density at radius 2 is 2.22 bits per heavy atom. The van der Waals surface area contributed by atoms with Gasteiger partial charge in [-0.3, -0.25) is 9.89 Å². The Hall–Kier alpha value is -1.92. The molecule has 23 heavy (non-hydrogen) atoms. The molecule has 1 spiro atoms. The summed E-state index contributed by atoms with van der Waals surface area (Å²) in [6.07, 6.45) is 3.59. The van der Waals surface area contributed by atoms with Crippen molar-refractivity contribution in [1.29, 1.82) is 0 Å². The minimum atomic E-state index is -0.346. The van der Waals surface area contributed by atoms with Gasteiger partial charge in [-0.15, -0.1) is 0 Å². The maximum atomic E-state index is 12.8. The quantitative estimate of drug-likeness (QED) is 0.784. The molecule has 0 radical (unpaired) electrons. The van der Waals surface area contributed by atoms with Gasteiger partial charge in [0.2, 0.25) is 0 Å². The number of hydrogen-bond donors (Lipinski definition) is 3. The normalized spacial score (nSPS) is 26.2. The molecule has 0 bridgehead atoms. The molecule has 6 nitrogen and oxygen atoms in total. The first-order chi connectivity index (χ1) is 11.1. The predicted molar refractivity (Wildman–Crippen MR) is 85.2 cm³/mol. The third-order valence-corrected chi connectivity index (χ3v) is 5.48. The molecule has 3 N–H and O–H groups in total. The monoisotopic (exact) mass is 315 g/mol. The van der Waals surface area contributed by atoms with Gasteiger partial charge in [0.1, 0.15) is 0 Å². The van der Waals surface area contributed by atoms with Crippen LogP contribution in [0.3, 0.4) is 0 Å². The van der Waals surface area contributed by atoms with Crippen molar-refractivity contribution in [3.05, 3.63) is 29.5 Å². The summed E-state index contributed by atoms with van der Waals surface area (Å²) in [5.74, 6) is -0.106. The molecule has 1 aromatic carbocycles. The number of carbonyl (C=O) groups excluding carboxylic acids is 1. The number of aromatic nitrogens is 2. The van der Waals surface area contributed by atoms with E-state index in [1.54, 1.807) is 6.20 Å². The van der Waals surface area contributed by atoms with E-state index in [-0.39, 0.29) is 23.5 Å². The predicted octanol–water partition coefficient (Wildman–Crippen LogP) is 1.53. The minimum absolute atomic E-state index is 0.00684. The van der Waals surface area contributed by atoms with E-state index in [4.69, 9.17) is 4.74 Å². The summed E-state index contributed by atoms with van der Waals surface area (Å²) in [6.45, 7) is 3.27. The van der Waals surface area contributed by atoms with Crippen LogP contribution in [0.5, 0.6) is 0 Å². The van der Waals surface area contributed by atoms with Crippen LogP contribution in [0, 0.1) is 12.3 Å². The van der Waals surface area contributed by atoms with Crippen molar-refractivity contribution in [3.63, 3.8) is 0 Å². The molecule has 2 aromatic rings. The zero-order valence-electron chi connectivity index (χ0n) is 13.1. The number of aliphatic hydroxyl groups is 1. The van der Waals surface area contributed by atoms with Gasteiger partial charge < -0.3 is 15.2 Å². The number of aliphatic hydroxyl groups excluding tert-OH is 1. The molecule has 1 amide bonds. The van der Waals surface area contributed by atoms with Gasteiger partial charge in [-0.1, -0.05) is 0 Å². The van der Waals surface area contributed by atoms with Crippen LogP contribution in [0.4, 0.5) is 0 Å². The van der Waals surface area contributed by atoms with E-state index in [1.807, 2.05) is 19.1 Å². The second-order valence-electron chi connectivity index (χ2n) is 6.77. The molecular formula is C17H21N3O3. The molecule has 1 saturated heterocycles. The van der Waals surface area contributed by atoms with Gasteiger partial charge >= 0.3 is 0 Å². The molecule has 1 aliphatic heterocycles. The van der Waals surface area contributed by atoms with Crippen molar-refractivity contribution in [3.8, 4) is 0 Å². The average molecular weight is 315 g/mol. The smallest absolute Gasteiger partial charge is 0.253 e. The molecule has 0 unspecified atom stereocenters. The second-order valence-corrected chi connectivity index (χ2v) is 6.77. The fourth-order valence-corrected chi connectivity index (χ4v) is 4.02. The summed E-state index contributed by atoms with van der Waals surface area (Å²) in [4.78, 5) is 12.8. The van der Waals surface area contributed by atoms with Crippen molar-refractivity contribution in [2.45, 2.75) is 38.3 Å². The number of carbonyl (C=O) groups is 1. The summed E-state index contributed by atoms with van der Waals surface area (Å²) in [5.41, 5.74) is 2.18. The van der Waals surface area contributed by atoms with Crippen LogP contribution in [-0.2, 0) is 4.74 Å². The number of H-pyrrole nitrogens is 1. The minimum Gasteiger partial charge on any atom is -0.392 e. The highest BCUT2D eigenvalue weighted by Gasteiger charge is 2.55. The number of fused-ring (bicyclic) bond motifs is 1. The van der Waals surface area contributed by atoms with Gasteiger partial charge in [-0.2, -0.15) is 5.10 Å². The number of ether oxygens (including phenoxy) is 1. The fraction of sp³-hybridized carbons (Fsp3) is 0.529. The van der Waals surface area contributed by atoms with Gasteiger partial charge in [0, 0.05) is 30.1 Å². The Bertz CT molecular complexity index is 749. The molecule has 2 atom stereocenters. The largest absolute Gasteiger partial charge is 0.392 e. The highest BCUT2D eigenvalue weighted by molar-refractivity contribution is 6.05. The van der Waals surface area contributed by atoms with E-state index < -0.39 is 0 Å². The number of aryl methyl sites for hydroxylation is 1.